The van der Waals surface area contributed by atoms with Gasteiger partial charge in [0.2, 0.25) is 0 Å². The van der Waals surface area contributed by atoms with E-state index in [0.717, 1.165) is 13.0 Å². The summed E-state index contributed by atoms with van der Waals surface area (Å²) in [6.07, 6.45) is 12.5. The summed E-state index contributed by atoms with van der Waals surface area (Å²) in [6.45, 7) is 17.3. The summed E-state index contributed by atoms with van der Waals surface area (Å²) < 4.78 is 13.0. The molecular weight excluding hydrogens is 312 g/mol. The van der Waals surface area contributed by atoms with Gasteiger partial charge in [0.1, 0.15) is 0 Å². The summed E-state index contributed by atoms with van der Waals surface area (Å²) in [4.78, 5) is 0. The van der Waals surface area contributed by atoms with E-state index in [0.29, 0.717) is 18.1 Å². The van der Waals surface area contributed by atoms with Crippen LogP contribution in [0.5, 0.6) is 0 Å². The highest BCUT2D eigenvalue weighted by Crippen LogP contribution is 2.39. The van der Waals surface area contributed by atoms with E-state index in [1.165, 1.54) is 51.4 Å². The lowest BCUT2D eigenvalue weighted by atomic mass is 9.90. The molecule has 0 spiro atoms. The van der Waals surface area contributed by atoms with Gasteiger partial charge in [0.05, 0.1) is 12.2 Å². The minimum absolute atomic E-state index is 0.275. The maximum absolute atomic E-state index is 6.75. The van der Waals surface area contributed by atoms with Crippen LogP contribution >= 0.6 is 0 Å². The molecule has 0 saturated carbocycles. The van der Waals surface area contributed by atoms with Crippen molar-refractivity contribution in [3.05, 3.63) is 0 Å². The highest BCUT2D eigenvalue weighted by molar-refractivity contribution is 6.74. The van der Waals surface area contributed by atoms with Crippen LogP contribution in [-0.2, 0) is 9.16 Å². The molecule has 0 radical (unpaired) electrons. The smallest absolute Gasteiger partial charge is 0.192 e. The minimum Gasteiger partial charge on any atom is -0.411 e. The molecule has 0 aromatic rings. The van der Waals surface area contributed by atoms with Crippen LogP contribution in [0.25, 0.3) is 0 Å². The number of hydrogen-bond donors (Lipinski definition) is 0. The van der Waals surface area contributed by atoms with Gasteiger partial charge in [-0.2, -0.15) is 0 Å². The molecule has 1 saturated heterocycles. The van der Waals surface area contributed by atoms with Crippen LogP contribution in [0.3, 0.4) is 0 Å². The Kier molecular flexibility index (Phi) is 9.54. The molecule has 0 bridgehead atoms. The van der Waals surface area contributed by atoms with Crippen molar-refractivity contribution in [2.75, 3.05) is 6.61 Å². The Bertz CT molecular complexity index is 335. The van der Waals surface area contributed by atoms with Crippen molar-refractivity contribution in [3.63, 3.8) is 0 Å². The van der Waals surface area contributed by atoms with Crippen molar-refractivity contribution in [2.45, 2.75) is 123 Å². The molecule has 1 heterocycles. The zero-order chi connectivity index (χ0) is 18.2. The van der Waals surface area contributed by atoms with E-state index in [4.69, 9.17) is 9.16 Å². The fraction of sp³-hybridized carbons (Fsp3) is 1.00. The second-order valence-corrected chi connectivity index (χ2v) is 14.2. The number of ether oxygens (including phenoxy) is 1. The van der Waals surface area contributed by atoms with E-state index in [9.17, 15) is 0 Å². The molecule has 0 aromatic heterocycles. The Morgan fingerprint density at radius 2 is 1.71 bits per heavy atom. The predicted molar refractivity (Wildman–Crippen MR) is 108 cm³/mol. The third-order valence-electron chi connectivity index (χ3n) is 6.14. The molecule has 0 aliphatic carbocycles. The quantitative estimate of drug-likeness (QED) is 0.312. The van der Waals surface area contributed by atoms with Gasteiger partial charge in [0.15, 0.2) is 8.32 Å². The number of unbranched alkanes of at least 4 members (excludes halogenated alkanes) is 5. The molecule has 1 fully saturated rings. The van der Waals surface area contributed by atoms with Crippen LogP contribution in [0.15, 0.2) is 0 Å². The Morgan fingerprint density at radius 1 is 1.08 bits per heavy atom. The first-order chi connectivity index (χ1) is 11.2. The van der Waals surface area contributed by atoms with E-state index >= 15 is 0 Å². The maximum atomic E-state index is 6.75. The molecule has 0 N–H and O–H groups in total. The number of rotatable bonds is 10. The van der Waals surface area contributed by atoms with E-state index in [1.54, 1.807) is 0 Å². The van der Waals surface area contributed by atoms with Gasteiger partial charge in [-0.1, -0.05) is 73.1 Å². The highest BCUT2D eigenvalue weighted by atomic mass is 28.4. The van der Waals surface area contributed by atoms with Crippen molar-refractivity contribution in [1.29, 1.82) is 0 Å². The van der Waals surface area contributed by atoms with Gasteiger partial charge in [-0.05, 0) is 43.3 Å². The molecule has 1 rings (SSSR count). The lowest BCUT2D eigenvalue weighted by Gasteiger charge is -2.44. The molecule has 2 unspecified atom stereocenters. The van der Waals surface area contributed by atoms with Crippen LogP contribution in [0.1, 0.15) is 92.4 Å². The van der Waals surface area contributed by atoms with Crippen LogP contribution in [0.4, 0.5) is 0 Å². The normalized spacial score (nSPS) is 24.1. The fourth-order valence-corrected chi connectivity index (χ4v) is 4.76. The van der Waals surface area contributed by atoms with Crippen molar-refractivity contribution in [1.82, 2.24) is 0 Å². The highest BCUT2D eigenvalue weighted by Gasteiger charge is 2.42. The first-order valence-electron chi connectivity index (χ1n) is 10.5. The summed E-state index contributed by atoms with van der Waals surface area (Å²) in [5.74, 6) is 0.617. The average molecular weight is 357 g/mol. The van der Waals surface area contributed by atoms with E-state index in [2.05, 4.69) is 47.7 Å². The monoisotopic (exact) mass is 356 g/mol. The molecule has 144 valence electrons. The second-order valence-electron chi connectivity index (χ2n) is 9.43. The van der Waals surface area contributed by atoms with Crippen molar-refractivity contribution in [3.8, 4) is 0 Å². The zero-order valence-corrected chi connectivity index (χ0v) is 18.6. The van der Waals surface area contributed by atoms with Crippen LogP contribution in [-0.4, -0.2) is 27.1 Å². The molecular formula is C21H44O2Si. The minimum atomic E-state index is -1.71. The summed E-state index contributed by atoms with van der Waals surface area (Å²) in [5.41, 5.74) is 0. The topological polar surface area (TPSA) is 18.5 Å². The molecule has 0 amide bonds. The summed E-state index contributed by atoms with van der Waals surface area (Å²) >= 11 is 0. The summed E-state index contributed by atoms with van der Waals surface area (Å²) in [5, 5.41) is 0.275. The first-order valence-corrected chi connectivity index (χ1v) is 13.4. The van der Waals surface area contributed by atoms with Gasteiger partial charge < -0.3 is 9.16 Å². The Balaban J connectivity index is 2.47. The van der Waals surface area contributed by atoms with Gasteiger partial charge in [-0.15, -0.1) is 0 Å². The molecule has 1 aliphatic rings. The largest absolute Gasteiger partial charge is 0.411 e. The fourth-order valence-electron chi connectivity index (χ4n) is 3.40. The Morgan fingerprint density at radius 3 is 2.33 bits per heavy atom. The standard InChI is InChI=1S/C21H44O2Si/c1-8-9-10-11-12-13-15-18(2)20-19(16-14-17-22-20)23-24(6,7)21(3,4)5/h18-20H,8-17H2,1-7H3/t18?,19?,20-/m0/s1. The van der Waals surface area contributed by atoms with E-state index < -0.39 is 8.32 Å². The predicted octanol–water partition coefficient (Wildman–Crippen LogP) is 6.94. The van der Waals surface area contributed by atoms with Gasteiger partial charge in [-0.25, -0.2) is 0 Å². The van der Waals surface area contributed by atoms with Crippen molar-refractivity contribution in [2.24, 2.45) is 5.92 Å². The van der Waals surface area contributed by atoms with Gasteiger partial charge in [0, 0.05) is 6.61 Å². The molecule has 2 nitrogen and oxygen atoms in total. The van der Waals surface area contributed by atoms with E-state index in [1.807, 2.05) is 0 Å². The summed E-state index contributed by atoms with van der Waals surface area (Å²) in [6, 6.07) is 0. The van der Waals surface area contributed by atoms with Gasteiger partial charge >= 0.3 is 0 Å². The Labute approximate surface area is 153 Å². The third kappa shape index (κ3) is 7.17. The van der Waals surface area contributed by atoms with Crippen molar-refractivity contribution < 1.29 is 9.16 Å². The van der Waals surface area contributed by atoms with Crippen LogP contribution in [0.2, 0.25) is 18.1 Å². The Hall–Kier alpha value is 0.137. The van der Waals surface area contributed by atoms with Gasteiger partial charge in [0.25, 0.3) is 0 Å². The second kappa shape index (κ2) is 10.3. The molecule has 3 atom stereocenters. The zero-order valence-electron chi connectivity index (χ0n) is 17.6. The summed E-state index contributed by atoms with van der Waals surface area (Å²) in [7, 11) is -1.71. The SMILES string of the molecule is CCCCCCCCC(C)[C@@H]1OCCCC1O[Si](C)(C)C(C)(C)C. The number of hydrogen-bond acceptors (Lipinski definition) is 2. The maximum Gasteiger partial charge on any atom is 0.192 e. The third-order valence-corrected chi connectivity index (χ3v) is 10.6. The van der Waals surface area contributed by atoms with Crippen LogP contribution in [0, 0.1) is 5.92 Å². The lowest BCUT2D eigenvalue weighted by Crippen LogP contribution is -2.50. The molecule has 24 heavy (non-hydrogen) atoms. The lowest BCUT2D eigenvalue weighted by molar-refractivity contribution is -0.0935. The van der Waals surface area contributed by atoms with E-state index in [-0.39, 0.29) is 5.04 Å². The molecule has 1 aliphatic heterocycles. The average Bonchev–Trinajstić information content (AvgIpc) is 2.49. The molecule has 0 aromatic carbocycles. The van der Waals surface area contributed by atoms with Crippen molar-refractivity contribution >= 4 is 8.32 Å². The first kappa shape index (κ1) is 22.2. The van der Waals surface area contributed by atoms with Crippen LogP contribution < -0.4 is 0 Å². The van der Waals surface area contributed by atoms with Gasteiger partial charge in [-0.3, -0.25) is 0 Å². The molecule has 3 heteroatoms.